The molecule has 1 amide bonds. The van der Waals surface area contributed by atoms with Gasteiger partial charge >= 0.3 is 0 Å². The first-order valence-electron chi connectivity index (χ1n) is 4.22. The van der Waals surface area contributed by atoms with Crippen LogP contribution in [0.2, 0.25) is 0 Å². The first-order valence-corrected chi connectivity index (χ1v) is 4.22. The molecule has 1 aromatic carbocycles. The van der Waals surface area contributed by atoms with E-state index < -0.39 is 0 Å². The lowest BCUT2D eigenvalue weighted by atomic mass is 10.2. The Balaban J connectivity index is 2.47. The highest BCUT2D eigenvalue weighted by molar-refractivity contribution is 6.06. The quantitative estimate of drug-likeness (QED) is 0.704. The van der Waals surface area contributed by atoms with Crippen LogP contribution >= 0.6 is 0 Å². The Morgan fingerprint density at radius 3 is 3.00 bits per heavy atom. The van der Waals surface area contributed by atoms with E-state index in [-0.39, 0.29) is 5.91 Å². The molecule has 0 aliphatic rings. The average Bonchev–Trinajstić information content (AvgIpc) is 2.61. The first-order chi connectivity index (χ1) is 6.83. The fraction of sp³-hybridized carbons (Fsp3) is 0.100. The number of hydrogen-bond donors (Lipinski definition) is 2. The maximum absolute atomic E-state index is 11.5. The molecule has 0 unspecified atom stereocenters. The minimum Gasteiger partial charge on any atom is -0.360 e. The third-order valence-corrected chi connectivity index (χ3v) is 2.03. The largest absolute Gasteiger partial charge is 0.360 e. The van der Waals surface area contributed by atoms with Crippen molar-refractivity contribution in [3.63, 3.8) is 0 Å². The number of carbonyl (C=O) groups excluding carboxylic acids is 1. The summed E-state index contributed by atoms with van der Waals surface area (Å²) in [5.74, 6) is -0.245. The van der Waals surface area contributed by atoms with Crippen molar-refractivity contribution in [1.82, 2.24) is 10.5 Å². The number of para-hydroxylation sites is 1. The molecule has 14 heavy (non-hydrogen) atoms. The van der Waals surface area contributed by atoms with Crippen LogP contribution in [0.25, 0.3) is 10.9 Å². The van der Waals surface area contributed by atoms with E-state index in [9.17, 15) is 4.79 Å². The van der Waals surface area contributed by atoms with Crippen LogP contribution in [0.3, 0.4) is 0 Å². The van der Waals surface area contributed by atoms with Gasteiger partial charge in [0.05, 0.1) is 12.7 Å². The Bertz CT molecular complexity index is 462. The standard InChI is InChI=1S/C10H10N2O2/c1-14-12-10(13)8-6-11-9-5-3-2-4-7(8)9/h2-6,11H,1H3,(H,12,13). The Labute approximate surface area is 80.8 Å². The Morgan fingerprint density at radius 2 is 2.21 bits per heavy atom. The molecule has 0 saturated carbocycles. The predicted molar refractivity (Wildman–Crippen MR) is 52.8 cm³/mol. The first kappa shape index (κ1) is 8.77. The van der Waals surface area contributed by atoms with Crippen LogP contribution in [-0.2, 0) is 4.84 Å². The summed E-state index contributed by atoms with van der Waals surface area (Å²) in [6.07, 6.45) is 1.67. The number of hydrogen-bond acceptors (Lipinski definition) is 2. The normalized spacial score (nSPS) is 10.4. The monoisotopic (exact) mass is 190 g/mol. The SMILES string of the molecule is CONC(=O)c1c[nH]c2ccccc12. The molecule has 2 N–H and O–H groups in total. The fourth-order valence-corrected chi connectivity index (χ4v) is 1.41. The highest BCUT2D eigenvalue weighted by Crippen LogP contribution is 2.17. The number of H-pyrrole nitrogens is 1. The van der Waals surface area contributed by atoms with Gasteiger partial charge in [0.2, 0.25) is 0 Å². The molecule has 0 aliphatic carbocycles. The molecule has 0 saturated heterocycles. The molecule has 4 heteroatoms. The molecule has 72 valence electrons. The highest BCUT2D eigenvalue weighted by Gasteiger charge is 2.10. The Kier molecular flexibility index (Phi) is 2.20. The van der Waals surface area contributed by atoms with Crippen molar-refractivity contribution >= 4 is 16.8 Å². The fourth-order valence-electron chi connectivity index (χ4n) is 1.41. The van der Waals surface area contributed by atoms with E-state index in [1.165, 1.54) is 7.11 Å². The summed E-state index contributed by atoms with van der Waals surface area (Å²) < 4.78 is 0. The zero-order valence-corrected chi connectivity index (χ0v) is 7.70. The van der Waals surface area contributed by atoms with Crippen LogP contribution in [0.1, 0.15) is 10.4 Å². The number of amides is 1. The topological polar surface area (TPSA) is 54.1 Å². The predicted octanol–water partition coefficient (Wildman–Crippen LogP) is 1.46. The average molecular weight is 190 g/mol. The number of nitrogens with one attached hydrogen (secondary N) is 2. The minimum atomic E-state index is -0.245. The summed E-state index contributed by atoms with van der Waals surface area (Å²) in [7, 11) is 1.41. The molecular formula is C10H10N2O2. The molecule has 0 bridgehead atoms. The van der Waals surface area contributed by atoms with Crippen LogP contribution in [0.5, 0.6) is 0 Å². The molecule has 0 radical (unpaired) electrons. The number of rotatable bonds is 2. The number of aromatic nitrogens is 1. The number of benzene rings is 1. The number of fused-ring (bicyclic) bond motifs is 1. The molecule has 1 heterocycles. The molecule has 4 nitrogen and oxygen atoms in total. The van der Waals surface area contributed by atoms with Gasteiger partial charge < -0.3 is 4.98 Å². The van der Waals surface area contributed by atoms with Gasteiger partial charge in [0.15, 0.2) is 0 Å². The van der Waals surface area contributed by atoms with E-state index in [0.29, 0.717) is 5.56 Å². The third-order valence-electron chi connectivity index (χ3n) is 2.03. The number of hydroxylamine groups is 1. The van der Waals surface area contributed by atoms with E-state index in [1.807, 2.05) is 24.3 Å². The van der Waals surface area contributed by atoms with Crippen molar-refractivity contribution in [2.75, 3.05) is 7.11 Å². The van der Waals surface area contributed by atoms with Crippen molar-refractivity contribution in [3.8, 4) is 0 Å². The van der Waals surface area contributed by atoms with Gasteiger partial charge in [0, 0.05) is 17.1 Å². The second-order valence-electron chi connectivity index (χ2n) is 2.88. The molecule has 0 atom stereocenters. The second-order valence-corrected chi connectivity index (χ2v) is 2.88. The molecule has 0 aliphatic heterocycles. The summed E-state index contributed by atoms with van der Waals surface area (Å²) in [5.41, 5.74) is 3.81. The van der Waals surface area contributed by atoms with Gasteiger partial charge in [-0.25, -0.2) is 5.48 Å². The van der Waals surface area contributed by atoms with Gasteiger partial charge in [-0.15, -0.1) is 0 Å². The lowest BCUT2D eigenvalue weighted by molar-refractivity contribution is 0.0539. The van der Waals surface area contributed by atoms with Crippen LogP contribution < -0.4 is 5.48 Å². The summed E-state index contributed by atoms with van der Waals surface area (Å²) >= 11 is 0. The van der Waals surface area contributed by atoms with Crippen LogP contribution in [-0.4, -0.2) is 18.0 Å². The van der Waals surface area contributed by atoms with Gasteiger partial charge in [-0.1, -0.05) is 18.2 Å². The molecule has 1 aromatic heterocycles. The molecule has 0 spiro atoms. The van der Waals surface area contributed by atoms with Crippen LogP contribution in [0, 0.1) is 0 Å². The van der Waals surface area contributed by atoms with Crippen LogP contribution in [0.4, 0.5) is 0 Å². The smallest absolute Gasteiger partial charge is 0.276 e. The van der Waals surface area contributed by atoms with E-state index >= 15 is 0 Å². The van der Waals surface area contributed by atoms with Crippen molar-refractivity contribution < 1.29 is 9.63 Å². The van der Waals surface area contributed by atoms with Crippen molar-refractivity contribution in [2.45, 2.75) is 0 Å². The van der Waals surface area contributed by atoms with Crippen LogP contribution in [0.15, 0.2) is 30.5 Å². The lowest BCUT2D eigenvalue weighted by Crippen LogP contribution is -2.21. The Morgan fingerprint density at radius 1 is 1.43 bits per heavy atom. The second kappa shape index (κ2) is 3.51. The van der Waals surface area contributed by atoms with Crippen molar-refractivity contribution in [2.24, 2.45) is 0 Å². The zero-order chi connectivity index (χ0) is 9.97. The zero-order valence-electron chi connectivity index (χ0n) is 7.70. The summed E-state index contributed by atoms with van der Waals surface area (Å²) in [5, 5.41) is 0.891. The van der Waals surface area contributed by atoms with Crippen molar-refractivity contribution in [1.29, 1.82) is 0 Å². The van der Waals surface area contributed by atoms with Gasteiger partial charge in [-0.3, -0.25) is 9.63 Å². The van der Waals surface area contributed by atoms with E-state index in [1.54, 1.807) is 6.20 Å². The van der Waals surface area contributed by atoms with Gasteiger partial charge in [0.1, 0.15) is 0 Å². The molecule has 0 fully saturated rings. The number of aromatic amines is 1. The van der Waals surface area contributed by atoms with E-state index in [0.717, 1.165) is 10.9 Å². The van der Waals surface area contributed by atoms with Crippen molar-refractivity contribution in [3.05, 3.63) is 36.0 Å². The van der Waals surface area contributed by atoms with Gasteiger partial charge in [-0.2, -0.15) is 0 Å². The van der Waals surface area contributed by atoms with E-state index in [2.05, 4.69) is 15.3 Å². The lowest BCUT2D eigenvalue weighted by Gasteiger charge is -1.99. The summed E-state index contributed by atoms with van der Waals surface area (Å²) in [6, 6.07) is 7.60. The minimum absolute atomic E-state index is 0.245. The molecular weight excluding hydrogens is 180 g/mol. The van der Waals surface area contributed by atoms with E-state index in [4.69, 9.17) is 0 Å². The maximum atomic E-state index is 11.5. The molecule has 2 aromatic rings. The number of carbonyl (C=O) groups is 1. The van der Waals surface area contributed by atoms with Gasteiger partial charge in [0.25, 0.3) is 5.91 Å². The third kappa shape index (κ3) is 1.36. The Hall–Kier alpha value is -1.81. The maximum Gasteiger partial charge on any atom is 0.276 e. The van der Waals surface area contributed by atoms with Gasteiger partial charge in [-0.05, 0) is 6.07 Å². The summed E-state index contributed by atoms with van der Waals surface area (Å²) in [4.78, 5) is 19.0. The highest BCUT2D eigenvalue weighted by atomic mass is 16.6. The molecule has 2 rings (SSSR count). The summed E-state index contributed by atoms with van der Waals surface area (Å²) in [6.45, 7) is 0.